The van der Waals surface area contributed by atoms with Crippen LogP contribution in [-0.4, -0.2) is 41.8 Å². The van der Waals surface area contributed by atoms with Crippen molar-refractivity contribution in [2.75, 3.05) is 13.6 Å². The Balaban J connectivity index is 1.89. The second kappa shape index (κ2) is 8.29. The minimum atomic E-state index is -0.478. The molecule has 0 spiro atoms. The second-order valence-corrected chi connectivity index (χ2v) is 6.00. The molecule has 22 heavy (non-hydrogen) atoms. The summed E-state index contributed by atoms with van der Waals surface area (Å²) in [4.78, 5) is 29.8. The molecule has 0 aliphatic rings. The van der Waals surface area contributed by atoms with Gasteiger partial charge in [-0.15, -0.1) is 11.3 Å². The highest BCUT2D eigenvalue weighted by Gasteiger charge is 2.22. The van der Waals surface area contributed by atoms with Gasteiger partial charge in [-0.1, -0.05) is 6.07 Å². The third-order valence-electron chi connectivity index (χ3n) is 3.40. The molecule has 0 saturated carbocycles. The molecule has 0 aromatic carbocycles. The van der Waals surface area contributed by atoms with Crippen LogP contribution >= 0.6 is 11.3 Å². The lowest BCUT2D eigenvalue weighted by Gasteiger charge is -2.23. The van der Waals surface area contributed by atoms with E-state index in [0.717, 1.165) is 16.9 Å². The molecule has 2 heterocycles. The van der Waals surface area contributed by atoms with E-state index in [4.69, 9.17) is 0 Å². The van der Waals surface area contributed by atoms with Crippen molar-refractivity contribution in [3.8, 4) is 0 Å². The van der Waals surface area contributed by atoms with Crippen molar-refractivity contribution in [3.63, 3.8) is 0 Å². The number of likely N-dealkylation sites (N-methyl/N-ethyl adjacent to an activating group) is 1. The first-order chi connectivity index (χ1) is 10.7. The van der Waals surface area contributed by atoms with Gasteiger partial charge in [0.15, 0.2) is 0 Å². The van der Waals surface area contributed by atoms with E-state index in [1.165, 1.54) is 4.90 Å². The van der Waals surface area contributed by atoms with Crippen LogP contribution in [0.25, 0.3) is 0 Å². The highest BCUT2D eigenvalue weighted by Crippen LogP contribution is 2.13. The predicted molar refractivity (Wildman–Crippen MR) is 86.6 cm³/mol. The van der Waals surface area contributed by atoms with Crippen molar-refractivity contribution in [1.29, 1.82) is 0 Å². The molecule has 2 rings (SSSR count). The molecule has 2 amide bonds. The number of carbonyl (C=O) groups is 2. The van der Waals surface area contributed by atoms with Crippen molar-refractivity contribution in [3.05, 3.63) is 52.5 Å². The van der Waals surface area contributed by atoms with Crippen molar-refractivity contribution in [1.82, 2.24) is 15.2 Å². The van der Waals surface area contributed by atoms with E-state index in [2.05, 4.69) is 10.3 Å². The Labute approximate surface area is 134 Å². The number of hydrogen-bond donors (Lipinski definition) is 1. The number of thiophene rings is 1. The molecule has 0 saturated heterocycles. The van der Waals surface area contributed by atoms with E-state index in [1.54, 1.807) is 30.8 Å². The van der Waals surface area contributed by atoms with Gasteiger partial charge < -0.3 is 10.2 Å². The SMILES string of the molecule is CN(C=O)C(Cc1cccs1)C(=O)NCCc1ccncc1. The third-order valence-corrected chi connectivity index (χ3v) is 4.30. The third kappa shape index (κ3) is 4.66. The van der Waals surface area contributed by atoms with Gasteiger partial charge >= 0.3 is 0 Å². The number of nitrogens with one attached hydrogen (secondary N) is 1. The summed E-state index contributed by atoms with van der Waals surface area (Å²) in [6.07, 6.45) is 5.44. The van der Waals surface area contributed by atoms with E-state index < -0.39 is 6.04 Å². The first-order valence-corrected chi connectivity index (χ1v) is 7.95. The summed E-state index contributed by atoms with van der Waals surface area (Å²) in [5.41, 5.74) is 1.12. The molecule has 5 nitrogen and oxygen atoms in total. The van der Waals surface area contributed by atoms with Gasteiger partial charge in [0.05, 0.1) is 0 Å². The fourth-order valence-electron chi connectivity index (χ4n) is 2.11. The number of aromatic nitrogens is 1. The lowest BCUT2D eigenvalue weighted by molar-refractivity contribution is -0.131. The van der Waals surface area contributed by atoms with Crippen LogP contribution < -0.4 is 5.32 Å². The number of amides is 2. The molecule has 1 atom stereocenters. The van der Waals surface area contributed by atoms with E-state index >= 15 is 0 Å². The minimum Gasteiger partial charge on any atom is -0.354 e. The van der Waals surface area contributed by atoms with Gasteiger partial charge in [0.2, 0.25) is 12.3 Å². The van der Waals surface area contributed by atoms with Gasteiger partial charge in [-0.3, -0.25) is 14.6 Å². The molecule has 1 N–H and O–H groups in total. The summed E-state index contributed by atoms with van der Waals surface area (Å²) in [7, 11) is 1.63. The molecule has 2 aromatic heterocycles. The Morgan fingerprint density at radius 3 is 2.82 bits per heavy atom. The molecular formula is C16H19N3O2S. The number of pyridine rings is 1. The van der Waals surface area contributed by atoms with Crippen LogP contribution in [0.5, 0.6) is 0 Å². The highest BCUT2D eigenvalue weighted by atomic mass is 32.1. The number of rotatable bonds is 8. The van der Waals surface area contributed by atoms with Crippen LogP contribution in [-0.2, 0) is 22.4 Å². The van der Waals surface area contributed by atoms with Gasteiger partial charge in [-0.25, -0.2) is 0 Å². The summed E-state index contributed by atoms with van der Waals surface area (Å²) in [5, 5.41) is 4.87. The average Bonchev–Trinajstić information content (AvgIpc) is 3.06. The first kappa shape index (κ1) is 16.2. The van der Waals surface area contributed by atoms with Gasteiger partial charge in [0, 0.05) is 37.3 Å². The van der Waals surface area contributed by atoms with Crippen molar-refractivity contribution >= 4 is 23.7 Å². The number of carbonyl (C=O) groups excluding carboxylic acids is 2. The fraction of sp³-hybridized carbons (Fsp3) is 0.312. The predicted octanol–water partition coefficient (Wildman–Crippen LogP) is 1.50. The molecule has 0 radical (unpaired) electrons. The van der Waals surface area contributed by atoms with E-state index in [9.17, 15) is 9.59 Å². The molecule has 6 heteroatoms. The van der Waals surface area contributed by atoms with Crippen LogP contribution in [0.2, 0.25) is 0 Å². The van der Waals surface area contributed by atoms with Gasteiger partial charge in [-0.2, -0.15) is 0 Å². The van der Waals surface area contributed by atoms with Crippen LogP contribution in [0.3, 0.4) is 0 Å². The summed E-state index contributed by atoms with van der Waals surface area (Å²) < 4.78 is 0. The standard InChI is InChI=1S/C16H19N3O2S/c1-19(12-20)15(11-14-3-2-10-22-14)16(21)18-9-6-13-4-7-17-8-5-13/h2-5,7-8,10,12,15H,6,9,11H2,1H3,(H,18,21). The smallest absolute Gasteiger partial charge is 0.243 e. The quantitative estimate of drug-likeness (QED) is 0.751. The Kier molecular flexibility index (Phi) is 6.09. The zero-order valence-electron chi connectivity index (χ0n) is 12.4. The molecule has 0 aliphatic carbocycles. The van der Waals surface area contributed by atoms with Crippen molar-refractivity contribution in [2.24, 2.45) is 0 Å². The minimum absolute atomic E-state index is 0.128. The van der Waals surface area contributed by atoms with Crippen LogP contribution in [0, 0.1) is 0 Å². The Bertz CT molecular complexity index is 587. The fourth-order valence-corrected chi connectivity index (χ4v) is 2.85. The highest BCUT2D eigenvalue weighted by molar-refractivity contribution is 7.09. The molecular weight excluding hydrogens is 298 g/mol. The topological polar surface area (TPSA) is 62.3 Å². The summed E-state index contributed by atoms with van der Waals surface area (Å²) in [6, 6.07) is 7.29. The molecule has 1 unspecified atom stereocenters. The Morgan fingerprint density at radius 2 is 2.18 bits per heavy atom. The van der Waals surface area contributed by atoms with Gasteiger partial charge in [0.25, 0.3) is 0 Å². The largest absolute Gasteiger partial charge is 0.354 e. The maximum absolute atomic E-state index is 12.3. The first-order valence-electron chi connectivity index (χ1n) is 7.07. The van der Waals surface area contributed by atoms with Crippen LogP contribution in [0.1, 0.15) is 10.4 Å². The normalized spacial score (nSPS) is 11.7. The zero-order valence-corrected chi connectivity index (χ0v) is 13.3. The Morgan fingerprint density at radius 1 is 1.41 bits per heavy atom. The zero-order chi connectivity index (χ0) is 15.8. The lowest BCUT2D eigenvalue weighted by atomic mass is 10.1. The van der Waals surface area contributed by atoms with Crippen LogP contribution in [0.4, 0.5) is 0 Å². The number of nitrogens with zero attached hydrogens (tertiary/aromatic N) is 2. The summed E-state index contributed by atoms with van der Waals surface area (Å²) >= 11 is 1.59. The molecule has 0 aliphatic heterocycles. The second-order valence-electron chi connectivity index (χ2n) is 4.97. The summed E-state index contributed by atoms with van der Waals surface area (Å²) in [6.45, 7) is 0.538. The van der Waals surface area contributed by atoms with E-state index in [0.29, 0.717) is 19.4 Å². The van der Waals surface area contributed by atoms with Crippen molar-refractivity contribution < 1.29 is 9.59 Å². The van der Waals surface area contributed by atoms with Gasteiger partial charge in [-0.05, 0) is 35.6 Å². The Hall–Kier alpha value is -2.21. The summed E-state index contributed by atoms with van der Waals surface area (Å²) in [5.74, 6) is -0.128. The van der Waals surface area contributed by atoms with Gasteiger partial charge in [0.1, 0.15) is 6.04 Å². The van der Waals surface area contributed by atoms with Crippen LogP contribution in [0.15, 0.2) is 42.0 Å². The van der Waals surface area contributed by atoms with Crippen molar-refractivity contribution in [2.45, 2.75) is 18.9 Å². The molecule has 2 aromatic rings. The van der Waals surface area contributed by atoms with E-state index in [1.807, 2.05) is 29.6 Å². The number of hydrogen-bond acceptors (Lipinski definition) is 4. The lowest BCUT2D eigenvalue weighted by Crippen LogP contribution is -2.46. The maximum Gasteiger partial charge on any atom is 0.243 e. The average molecular weight is 317 g/mol. The van der Waals surface area contributed by atoms with E-state index in [-0.39, 0.29) is 5.91 Å². The molecule has 0 fully saturated rings. The molecule has 116 valence electrons. The molecule has 0 bridgehead atoms. The maximum atomic E-state index is 12.3. The monoisotopic (exact) mass is 317 g/mol.